The number of nitrogens with zero attached hydrogens (tertiary/aromatic N) is 1. The Labute approximate surface area is 180 Å². The van der Waals surface area contributed by atoms with Crippen molar-refractivity contribution in [1.82, 2.24) is 9.62 Å². The molecule has 0 aromatic heterocycles. The summed E-state index contributed by atoms with van der Waals surface area (Å²) in [4.78, 5) is 12.1. The number of morpholine rings is 1. The van der Waals surface area contributed by atoms with Crippen LogP contribution in [0.5, 0.6) is 11.5 Å². The number of carbonyl (C=O) groups excluding carboxylic acids is 1. The molecule has 0 radical (unpaired) electrons. The first-order chi connectivity index (χ1) is 14.4. The molecule has 0 unspecified atom stereocenters. The van der Waals surface area contributed by atoms with Crippen LogP contribution in [0.1, 0.15) is 5.56 Å². The van der Waals surface area contributed by atoms with Crippen molar-refractivity contribution < 1.29 is 27.4 Å². The van der Waals surface area contributed by atoms with E-state index in [1.165, 1.54) is 22.5 Å². The maximum absolute atomic E-state index is 13.0. The van der Waals surface area contributed by atoms with E-state index in [-0.39, 0.29) is 41.3 Å². The van der Waals surface area contributed by atoms with Crippen LogP contribution in [0, 0.1) is 0 Å². The van der Waals surface area contributed by atoms with Crippen molar-refractivity contribution in [2.45, 2.75) is 11.4 Å². The minimum absolute atomic E-state index is 0.0696. The zero-order valence-electron chi connectivity index (χ0n) is 16.5. The Kier molecular flexibility index (Phi) is 7.54. The van der Waals surface area contributed by atoms with Gasteiger partial charge in [0.2, 0.25) is 10.0 Å². The number of halogens is 1. The molecule has 2 aromatic carbocycles. The zero-order chi connectivity index (χ0) is 21.6. The van der Waals surface area contributed by atoms with E-state index in [1.54, 1.807) is 19.2 Å². The van der Waals surface area contributed by atoms with Crippen molar-refractivity contribution >= 4 is 27.5 Å². The lowest BCUT2D eigenvalue weighted by Gasteiger charge is -2.26. The molecule has 1 aliphatic rings. The van der Waals surface area contributed by atoms with Crippen LogP contribution in [-0.2, 0) is 26.1 Å². The number of hydrogen-bond acceptors (Lipinski definition) is 6. The van der Waals surface area contributed by atoms with Gasteiger partial charge in [0, 0.05) is 24.7 Å². The van der Waals surface area contributed by atoms with Crippen molar-refractivity contribution in [3.8, 4) is 11.5 Å². The largest absolute Gasteiger partial charge is 0.497 e. The minimum atomic E-state index is -3.82. The molecule has 2 aromatic rings. The Bertz CT molecular complexity index is 975. The molecule has 10 heteroatoms. The average molecular weight is 455 g/mol. The Morgan fingerprint density at radius 1 is 1.17 bits per heavy atom. The first-order valence-electron chi connectivity index (χ1n) is 9.30. The van der Waals surface area contributed by atoms with E-state index in [1.807, 2.05) is 12.1 Å². The van der Waals surface area contributed by atoms with Crippen LogP contribution >= 0.6 is 11.6 Å². The van der Waals surface area contributed by atoms with Crippen LogP contribution in [-0.4, -0.2) is 58.7 Å². The van der Waals surface area contributed by atoms with Gasteiger partial charge in [0.05, 0.1) is 20.3 Å². The smallest absolute Gasteiger partial charge is 0.258 e. The van der Waals surface area contributed by atoms with Crippen LogP contribution in [0.25, 0.3) is 0 Å². The lowest BCUT2D eigenvalue weighted by Crippen LogP contribution is -2.40. The van der Waals surface area contributed by atoms with E-state index >= 15 is 0 Å². The van der Waals surface area contributed by atoms with Crippen molar-refractivity contribution in [2.75, 3.05) is 40.0 Å². The molecule has 1 saturated heterocycles. The van der Waals surface area contributed by atoms with Crippen LogP contribution < -0.4 is 14.8 Å². The molecule has 1 N–H and O–H groups in total. The lowest BCUT2D eigenvalue weighted by molar-refractivity contribution is -0.123. The summed E-state index contributed by atoms with van der Waals surface area (Å²) in [7, 11) is -2.24. The highest BCUT2D eigenvalue weighted by Crippen LogP contribution is 2.30. The molecule has 0 aliphatic carbocycles. The molecule has 162 valence electrons. The van der Waals surface area contributed by atoms with Crippen LogP contribution in [0.15, 0.2) is 47.4 Å². The monoisotopic (exact) mass is 454 g/mol. The summed E-state index contributed by atoms with van der Waals surface area (Å²) < 4.78 is 43.1. The normalized spacial score (nSPS) is 14.9. The number of benzene rings is 2. The molecule has 1 heterocycles. The Morgan fingerprint density at radius 2 is 1.87 bits per heavy atom. The standard InChI is InChI=1S/C20H23ClN2O6S/c1-27-17-5-2-15(3-6-17)13-22-20(24)14-29-18-7-4-16(21)12-19(18)30(25,26)23-8-10-28-11-9-23/h2-7,12H,8-11,13-14H2,1H3,(H,22,24). The van der Waals surface area contributed by atoms with Gasteiger partial charge < -0.3 is 19.5 Å². The predicted molar refractivity (Wildman–Crippen MR) is 111 cm³/mol. The molecular formula is C20H23ClN2O6S. The van der Waals surface area contributed by atoms with E-state index < -0.39 is 10.0 Å². The third-order valence-corrected chi connectivity index (χ3v) is 6.66. The Hall–Kier alpha value is -2.33. The highest BCUT2D eigenvalue weighted by molar-refractivity contribution is 7.89. The topological polar surface area (TPSA) is 94.2 Å². The van der Waals surface area contributed by atoms with Gasteiger partial charge in [-0.05, 0) is 35.9 Å². The summed E-state index contributed by atoms with van der Waals surface area (Å²) in [5.74, 6) is 0.422. The fourth-order valence-electron chi connectivity index (χ4n) is 2.87. The Morgan fingerprint density at radius 3 is 2.53 bits per heavy atom. The molecule has 0 spiro atoms. The van der Waals surface area contributed by atoms with Gasteiger partial charge in [-0.3, -0.25) is 4.79 Å². The van der Waals surface area contributed by atoms with E-state index in [9.17, 15) is 13.2 Å². The van der Waals surface area contributed by atoms with Crippen molar-refractivity contribution in [3.63, 3.8) is 0 Å². The van der Waals surface area contributed by atoms with Gasteiger partial charge in [0.1, 0.15) is 16.4 Å². The van der Waals surface area contributed by atoms with Gasteiger partial charge in [-0.15, -0.1) is 0 Å². The molecule has 0 bridgehead atoms. The average Bonchev–Trinajstić information content (AvgIpc) is 2.77. The second-order valence-electron chi connectivity index (χ2n) is 6.52. The summed E-state index contributed by atoms with van der Waals surface area (Å²) in [5.41, 5.74) is 0.895. The van der Waals surface area contributed by atoms with Crippen molar-refractivity contribution in [1.29, 1.82) is 0 Å². The molecule has 3 rings (SSSR count). The van der Waals surface area contributed by atoms with Crippen LogP contribution in [0.4, 0.5) is 0 Å². The van der Waals surface area contributed by atoms with E-state index in [0.717, 1.165) is 11.3 Å². The maximum Gasteiger partial charge on any atom is 0.258 e. The van der Waals surface area contributed by atoms with Gasteiger partial charge >= 0.3 is 0 Å². The fourth-order valence-corrected chi connectivity index (χ4v) is 4.67. The number of ether oxygens (including phenoxy) is 3. The highest BCUT2D eigenvalue weighted by Gasteiger charge is 2.29. The Balaban J connectivity index is 1.64. The van der Waals surface area contributed by atoms with Gasteiger partial charge in [0.25, 0.3) is 5.91 Å². The minimum Gasteiger partial charge on any atom is -0.497 e. The predicted octanol–water partition coefficient (Wildman–Crippen LogP) is 2.06. The molecule has 1 amide bonds. The molecule has 30 heavy (non-hydrogen) atoms. The number of sulfonamides is 1. The quantitative estimate of drug-likeness (QED) is 0.656. The highest BCUT2D eigenvalue weighted by atomic mass is 35.5. The summed E-state index contributed by atoms with van der Waals surface area (Å²) >= 11 is 6.01. The first-order valence-corrected chi connectivity index (χ1v) is 11.1. The number of amides is 1. The molecular weight excluding hydrogens is 432 g/mol. The van der Waals surface area contributed by atoms with Crippen molar-refractivity contribution in [2.24, 2.45) is 0 Å². The SMILES string of the molecule is COc1ccc(CNC(=O)COc2ccc(Cl)cc2S(=O)(=O)N2CCOCC2)cc1. The number of rotatable bonds is 8. The van der Waals surface area contributed by atoms with Crippen LogP contribution in [0.3, 0.4) is 0 Å². The third-order valence-electron chi connectivity index (χ3n) is 4.50. The molecule has 0 atom stereocenters. The second kappa shape index (κ2) is 10.1. The fraction of sp³-hybridized carbons (Fsp3) is 0.350. The van der Waals surface area contributed by atoms with Crippen molar-refractivity contribution in [3.05, 3.63) is 53.1 Å². The van der Waals surface area contributed by atoms with E-state index in [0.29, 0.717) is 19.8 Å². The second-order valence-corrected chi connectivity index (χ2v) is 8.86. The number of hydrogen-bond donors (Lipinski definition) is 1. The lowest BCUT2D eigenvalue weighted by atomic mass is 10.2. The molecule has 8 nitrogen and oxygen atoms in total. The summed E-state index contributed by atoms with van der Waals surface area (Å²) in [5, 5.41) is 2.99. The van der Waals surface area contributed by atoms with Gasteiger partial charge in [-0.25, -0.2) is 8.42 Å². The maximum atomic E-state index is 13.0. The summed E-state index contributed by atoms with van der Waals surface area (Å²) in [6.45, 7) is 1.12. The van der Waals surface area contributed by atoms with Gasteiger partial charge in [0.15, 0.2) is 6.61 Å². The molecule has 1 aliphatic heterocycles. The number of nitrogens with one attached hydrogen (secondary N) is 1. The van der Waals surface area contributed by atoms with Crippen LogP contribution in [0.2, 0.25) is 5.02 Å². The van der Waals surface area contributed by atoms with Gasteiger partial charge in [-0.1, -0.05) is 23.7 Å². The van der Waals surface area contributed by atoms with E-state index in [2.05, 4.69) is 5.32 Å². The van der Waals surface area contributed by atoms with E-state index in [4.69, 9.17) is 25.8 Å². The number of methoxy groups -OCH3 is 1. The first kappa shape index (κ1) is 22.4. The molecule has 0 saturated carbocycles. The van der Waals surface area contributed by atoms with Gasteiger partial charge in [-0.2, -0.15) is 4.31 Å². The zero-order valence-corrected chi connectivity index (χ0v) is 18.0. The third kappa shape index (κ3) is 5.63. The summed E-state index contributed by atoms with van der Waals surface area (Å²) in [6, 6.07) is 11.6. The summed E-state index contributed by atoms with van der Waals surface area (Å²) in [6.07, 6.45) is 0. The molecule has 1 fully saturated rings. The number of carbonyl (C=O) groups is 1.